The molecule has 3 nitrogen and oxygen atoms in total. The molecule has 1 rings (SSSR count). The van der Waals surface area contributed by atoms with Crippen LogP contribution in [0.5, 0.6) is 0 Å². The zero-order valence-corrected chi connectivity index (χ0v) is 7.20. The first-order valence-corrected chi connectivity index (χ1v) is 2.88. The van der Waals surface area contributed by atoms with E-state index in [1.54, 1.807) is 0 Å². The number of halogens is 1. The standard InChI is InChI=1S/C6H11N3.ClH/c1-4-6(7)9(3)5(2)8-4;/h7H2,1-3H3;1H. The minimum absolute atomic E-state index is 0. The topological polar surface area (TPSA) is 43.8 Å². The highest BCUT2D eigenvalue weighted by Gasteiger charge is 2.01. The van der Waals surface area contributed by atoms with Gasteiger partial charge in [-0.2, -0.15) is 0 Å². The molecule has 0 saturated heterocycles. The van der Waals surface area contributed by atoms with Gasteiger partial charge in [0, 0.05) is 7.05 Å². The second kappa shape index (κ2) is 2.92. The number of nitrogens with zero attached hydrogens (tertiary/aromatic N) is 2. The van der Waals surface area contributed by atoms with Crippen LogP contribution in [-0.2, 0) is 7.05 Å². The van der Waals surface area contributed by atoms with Gasteiger partial charge in [0.2, 0.25) is 0 Å². The molecule has 0 fully saturated rings. The Kier molecular flexibility index (Phi) is 2.72. The molecule has 0 amide bonds. The molecule has 1 aromatic rings. The van der Waals surface area contributed by atoms with E-state index < -0.39 is 0 Å². The third kappa shape index (κ3) is 1.24. The van der Waals surface area contributed by atoms with Gasteiger partial charge in [0.1, 0.15) is 11.6 Å². The van der Waals surface area contributed by atoms with E-state index in [0.29, 0.717) is 0 Å². The molecule has 0 saturated carbocycles. The summed E-state index contributed by atoms with van der Waals surface area (Å²) in [5.74, 6) is 1.72. The number of aromatic nitrogens is 2. The average molecular weight is 162 g/mol. The molecule has 0 aliphatic carbocycles. The highest BCUT2D eigenvalue weighted by atomic mass is 35.5. The van der Waals surface area contributed by atoms with Crippen LogP contribution >= 0.6 is 12.4 Å². The van der Waals surface area contributed by atoms with Gasteiger partial charge in [0.15, 0.2) is 0 Å². The average Bonchev–Trinajstić information content (AvgIpc) is 1.98. The van der Waals surface area contributed by atoms with Gasteiger partial charge in [0.25, 0.3) is 0 Å². The fourth-order valence-electron chi connectivity index (χ4n) is 0.792. The van der Waals surface area contributed by atoms with Crippen molar-refractivity contribution in [2.24, 2.45) is 7.05 Å². The van der Waals surface area contributed by atoms with Crippen molar-refractivity contribution in [3.8, 4) is 0 Å². The van der Waals surface area contributed by atoms with E-state index in [1.807, 2.05) is 25.5 Å². The first-order valence-electron chi connectivity index (χ1n) is 2.88. The molecule has 10 heavy (non-hydrogen) atoms. The minimum Gasteiger partial charge on any atom is -0.384 e. The second-order valence-electron chi connectivity index (χ2n) is 2.19. The first-order chi connectivity index (χ1) is 4.13. The summed E-state index contributed by atoms with van der Waals surface area (Å²) in [6.07, 6.45) is 0. The van der Waals surface area contributed by atoms with Gasteiger partial charge in [-0.3, -0.25) is 0 Å². The molecule has 0 aliphatic heterocycles. The van der Waals surface area contributed by atoms with Crippen molar-refractivity contribution in [2.75, 3.05) is 5.73 Å². The first kappa shape index (κ1) is 9.30. The van der Waals surface area contributed by atoms with Gasteiger partial charge in [-0.25, -0.2) is 4.98 Å². The molecule has 58 valence electrons. The number of anilines is 1. The van der Waals surface area contributed by atoms with E-state index in [4.69, 9.17) is 5.73 Å². The van der Waals surface area contributed by atoms with Crippen LogP contribution in [0.2, 0.25) is 0 Å². The van der Waals surface area contributed by atoms with E-state index in [1.165, 1.54) is 0 Å². The van der Waals surface area contributed by atoms with Crippen LogP contribution in [0, 0.1) is 13.8 Å². The zero-order valence-electron chi connectivity index (χ0n) is 6.38. The van der Waals surface area contributed by atoms with Gasteiger partial charge in [0.05, 0.1) is 5.69 Å². The number of nitrogen functional groups attached to an aromatic ring is 1. The lowest BCUT2D eigenvalue weighted by molar-refractivity contribution is 0.868. The Morgan fingerprint density at radius 3 is 2.00 bits per heavy atom. The third-order valence-electron chi connectivity index (χ3n) is 1.55. The predicted molar refractivity (Wildman–Crippen MR) is 44.3 cm³/mol. The molecule has 0 spiro atoms. The lowest BCUT2D eigenvalue weighted by Gasteiger charge is -1.94. The Labute approximate surface area is 66.7 Å². The Bertz CT molecular complexity index is 207. The number of nitrogens with two attached hydrogens (primary N) is 1. The molecule has 1 aromatic heterocycles. The molecule has 0 radical (unpaired) electrons. The van der Waals surface area contributed by atoms with Crippen molar-refractivity contribution in [1.82, 2.24) is 9.55 Å². The molecule has 2 N–H and O–H groups in total. The third-order valence-corrected chi connectivity index (χ3v) is 1.55. The monoisotopic (exact) mass is 161 g/mol. The van der Waals surface area contributed by atoms with Crippen molar-refractivity contribution >= 4 is 18.2 Å². The minimum atomic E-state index is 0. The molecular weight excluding hydrogens is 150 g/mol. The molecule has 0 atom stereocenters. The Morgan fingerprint density at radius 1 is 1.40 bits per heavy atom. The zero-order chi connectivity index (χ0) is 7.02. The summed E-state index contributed by atoms with van der Waals surface area (Å²) in [4.78, 5) is 4.15. The number of imidazole rings is 1. The maximum atomic E-state index is 5.60. The summed E-state index contributed by atoms with van der Waals surface area (Å²) in [5.41, 5.74) is 6.52. The van der Waals surface area contributed by atoms with Crippen molar-refractivity contribution in [1.29, 1.82) is 0 Å². The van der Waals surface area contributed by atoms with Crippen LogP contribution in [0.1, 0.15) is 11.5 Å². The summed E-state index contributed by atoms with van der Waals surface area (Å²) in [7, 11) is 1.91. The molecule has 0 unspecified atom stereocenters. The molecule has 1 heterocycles. The number of aryl methyl sites for hydroxylation is 2. The molecule has 0 aliphatic rings. The van der Waals surface area contributed by atoms with Crippen LogP contribution in [0.15, 0.2) is 0 Å². The maximum absolute atomic E-state index is 5.60. The fraction of sp³-hybridized carbons (Fsp3) is 0.500. The Hall–Kier alpha value is -0.700. The van der Waals surface area contributed by atoms with E-state index in [-0.39, 0.29) is 12.4 Å². The van der Waals surface area contributed by atoms with Crippen LogP contribution in [0.4, 0.5) is 5.82 Å². The van der Waals surface area contributed by atoms with Gasteiger partial charge in [-0.15, -0.1) is 12.4 Å². The van der Waals surface area contributed by atoms with Crippen LogP contribution < -0.4 is 5.73 Å². The summed E-state index contributed by atoms with van der Waals surface area (Å²) in [6.45, 7) is 3.84. The number of hydrogen-bond donors (Lipinski definition) is 1. The van der Waals surface area contributed by atoms with Crippen molar-refractivity contribution in [2.45, 2.75) is 13.8 Å². The van der Waals surface area contributed by atoms with Crippen LogP contribution in [0.3, 0.4) is 0 Å². The SMILES string of the molecule is Cc1nc(C)n(C)c1N.Cl. The summed E-state index contributed by atoms with van der Waals surface area (Å²) < 4.78 is 1.87. The Balaban J connectivity index is 0.000000810. The molecule has 0 aromatic carbocycles. The maximum Gasteiger partial charge on any atom is 0.126 e. The summed E-state index contributed by atoms with van der Waals surface area (Å²) in [5, 5.41) is 0. The van der Waals surface area contributed by atoms with E-state index in [0.717, 1.165) is 17.3 Å². The summed E-state index contributed by atoms with van der Waals surface area (Å²) >= 11 is 0. The highest BCUT2D eigenvalue weighted by molar-refractivity contribution is 5.85. The van der Waals surface area contributed by atoms with Crippen molar-refractivity contribution < 1.29 is 0 Å². The smallest absolute Gasteiger partial charge is 0.126 e. The molecule has 4 heteroatoms. The highest BCUT2D eigenvalue weighted by Crippen LogP contribution is 2.08. The van der Waals surface area contributed by atoms with Crippen molar-refractivity contribution in [3.05, 3.63) is 11.5 Å². The normalized spacial score (nSPS) is 9.10. The number of hydrogen-bond acceptors (Lipinski definition) is 2. The lowest BCUT2D eigenvalue weighted by atomic mass is 10.5. The van der Waals surface area contributed by atoms with E-state index in [9.17, 15) is 0 Å². The van der Waals surface area contributed by atoms with Crippen LogP contribution in [0.25, 0.3) is 0 Å². The summed E-state index contributed by atoms with van der Waals surface area (Å²) in [6, 6.07) is 0. The fourth-order valence-corrected chi connectivity index (χ4v) is 0.792. The quantitative estimate of drug-likeness (QED) is 0.618. The van der Waals surface area contributed by atoms with Gasteiger partial charge >= 0.3 is 0 Å². The van der Waals surface area contributed by atoms with Gasteiger partial charge in [-0.05, 0) is 13.8 Å². The van der Waals surface area contributed by atoms with Crippen LogP contribution in [-0.4, -0.2) is 9.55 Å². The van der Waals surface area contributed by atoms with Gasteiger partial charge < -0.3 is 10.3 Å². The van der Waals surface area contributed by atoms with E-state index >= 15 is 0 Å². The Morgan fingerprint density at radius 2 is 1.90 bits per heavy atom. The lowest BCUT2D eigenvalue weighted by Crippen LogP contribution is -1.97. The number of rotatable bonds is 0. The van der Waals surface area contributed by atoms with Gasteiger partial charge in [-0.1, -0.05) is 0 Å². The predicted octanol–water partition coefficient (Wildman–Crippen LogP) is 1.04. The molecule has 0 bridgehead atoms. The van der Waals surface area contributed by atoms with Crippen molar-refractivity contribution in [3.63, 3.8) is 0 Å². The molecular formula is C6H12ClN3. The van der Waals surface area contributed by atoms with E-state index in [2.05, 4.69) is 4.98 Å². The largest absolute Gasteiger partial charge is 0.384 e. The second-order valence-corrected chi connectivity index (χ2v) is 2.19.